The highest BCUT2D eigenvalue weighted by molar-refractivity contribution is 6.34. The molecule has 0 fully saturated rings. The Morgan fingerprint density at radius 1 is 1.21 bits per heavy atom. The van der Waals surface area contributed by atoms with Crippen molar-refractivity contribution < 1.29 is 27.5 Å². The van der Waals surface area contributed by atoms with Crippen molar-refractivity contribution >= 4 is 51.5 Å². The number of ether oxygens (including phenoxy) is 1. The molecule has 33 heavy (non-hydrogen) atoms. The Morgan fingerprint density at radius 3 is 2.61 bits per heavy atom. The maximum Gasteiger partial charge on any atom is 0.434 e. The van der Waals surface area contributed by atoms with Crippen LogP contribution in [-0.4, -0.2) is 40.8 Å². The van der Waals surface area contributed by atoms with E-state index in [0.29, 0.717) is 17.1 Å². The molecule has 1 aromatic carbocycles. The van der Waals surface area contributed by atoms with E-state index in [1.54, 1.807) is 18.2 Å². The topological polar surface area (TPSA) is 120 Å². The van der Waals surface area contributed by atoms with Gasteiger partial charge in [0, 0.05) is 17.8 Å². The molecule has 0 unspecified atom stereocenters. The summed E-state index contributed by atoms with van der Waals surface area (Å²) in [5.74, 6) is -2.04. The first kappa shape index (κ1) is 23.7. The van der Waals surface area contributed by atoms with E-state index >= 15 is 0 Å². The molecule has 8 nitrogen and oxygen atoms in total. The van der Waals surface area contributed by atoms with Crippen LogP contribution in [0.1, 0.15) is 10.5 Å². The van der Waals surface area contributed by atoms with Crippen LogP contribution in [0.2, 0.25) is 5.02 Å². The van der Waals surface area contributed by atoms with Gasteiger partial charge in [-0.05, 0) is 30.3 Å². The summed E-state index contributed by atoms with van der Waals surface area (Å²) >= 11 is 5.93. The van der Waals surface area contributed by atoms with Crippen LogP contribution in [-0.2, 0) is 9.53 Å². The van der Waals surface area contributed by atoms with Gasteiger partial charge in [0.2, 0.25) is 0 Å². The number of benzene rings is 1. The number of nitrogens with one attached hydrogen (secondary N) is 1. The quantitative estimate of drug-likeness (QED) is 0.323. The molecule has 3 rings (SSSR count). The van der Waals surface area contributed by atoms with Gasteiger partial charge < -0.3 is 15.8 Å². The average Bonchev–Trinajstić information content (AvgIpc) is 2.78. The van der Waals surface area contributed by atoms with Gasteiger partial charge in [-0.1, -0.05) is 17.7 Å². The molecule has 2 aromatic heterocycles. The second-order valence-corrected chi connectivity index (χ2v) is 6.79. The predicted octanol–water partition coefficient (Wildman–Crippen LogP) is 4.19. The van der Waals surface area contributed by atoms with Crippen LogP contribution in [0.4, 0.5) is 24.5 Å². The third-order valence-corrected chi connectivity index (χ3v) is 4.56. The van der Waals surface area contributed by atoms with Crippen LogP contribution in [0.3, 0.4) is 0 Å². The van der Waals surface area contributed by atoms with Crippen molar-refractivity contribution in [1.82, 2.24) is 9.97 Å². The van der Waals surface area contributed by atoms with E-state index in [4.69, 9.17) is 17.3 Å². The zero-order chi connectivity index (χ0) is 24.2. The van der Waals surface area contributed by atoms with E-state index in [0.717, 1.165) is 19.4 Å². The Bertz CT molecular complexity index is 1290. The van der Waals surface area contributed by atoms with Crippen molar-refractivity contribution in [2.45, 2.75) is 6.18 Å². The normalized spacial score (nSPS) is 12.5. The van der Waals surface area contributed by atoms with Gasteiger partial charge in [-0.3, -0.25) is 9.78 Å². The van der Waals surface area contributed by atoms with Crippen molar-refractivity contribution in [3.8, 4) is 0 Å². The number of fused-ring (bicyclic) bond motifs is 1. The fraction of sp³-hybridized carbons (Fsp3) is 0.0952. The van der Waals surface area contributed by atoms with Gasteiger partial charge in [0.25, 0.3) is 5.91 Å². The first-order valence-electron chi connectivity index (χ1n) is 9.12. The molecule has 2 heterocycles. The number of amides is 1. The van der Waals surface area contributed by atoms with Crippen molar-refractivity contribution in [2.75, 3.05) is 12.4 Å². The van der Waals surface area contributed by atoms with Gasteiger partial charge in [0.05, 0.1) is 40.8 Å². The number of carbonyl (C=O) groups excluding carboxylic acids is 2. The standard InChI is InChI=1S/C21H15ClF3N5O3/c1-33-20(32)17-14(22)8-11(10-28-17)29-19(31)13(9-26)18(21(23,24)25)30-16-6-2-5-15-12(16)4-3-7-27-15/h2-10H,26H2,1H3,(H,29,31). The van der Waals surface area contributed by atoms with Gasteiger partial charge in [-0.2, -0.15) is 13.2 Å². The van der Waals surface area contributed by atoms with Gasteiger partial charge in [0.1, 0.15) is 0 Å². The zero-order valence-corrected chi connectivity index (χ0v) is 17.6. The molecule has 1 amide bonds. The van der Waals surface area contributed by atoms with Gasteiger partial charge >= 0.3 is 12.1 Å². The number of aliphatic imine (C=N–C) groups is 1. The summed E-state index contributed by atoms with van der Waals surface area (Å²) in [6.45, 7) is 0. The summed E-state index contributed by atoms with van der Waals surface area (Å²) in [6.07, 6.45) is -1.99. The van der Waals surface area contributed by atoms with Crippen molar-refractivity contribution in [2.24, 2.45) is 10.7 Å². The minimum atomic E-state index is -5.02. The van der Waals surface area contributed by atoms with Gasteiger partial charge in [-0.15, -0.1) is 0 Å². The Hall–Kier alpha value is -3.99. The molecule has 3 aromatic rings. The Kier molecular flexibility index (Phi) is 6.92. The number of nitrogens with two attached hydrogens (primary N) is 1. The highest BCUT2D eigenvalue weighted by Gasteiger charge is 2.40. The number of anilines is 1. The second-order valence-electron chi connectivity index (χ2n) is 6.39. The monoisotopic (exact) mass is 477 g/mol. The van der Waals surface area contributed by atoms with E-state index in [-0.39, 0.29) is 22.1 Å². The number of hydrogen-bond donors (Lipinski definition) is 2. The number of pyridine rings is 2. The maximum atomic E-state index is 13.9. The van der Waals surface area contributed by atoms with Crippen LogP contribution >= 0.6 is 11.6 Å². The lowest BCUT2D eigenvalue weighted by Crippen LogP contribution is -2.32. The average molecular weight is 478 g/mol. The molecule has 170 valence electrons. The largest absolute Gasteiger partial charge is 0.464 e. The molecular weight excluding hydrogens is 463 g/mol. The molecule has 0 aliphatic heterocycles. The SMILES string of the molecule is COC(=O)c1ncc(NC(=O)C(=CN)C(=Nc2cccc3ncccc23)C(F)(F)F)cc1Cl. The van der Waals surface area contributed by atoms with Crippen LogP contribution in [0.25, 0.3) is 10.9 Å². The van der Waals surface area contributed by atoms with Crippen molar-refractivity contribution in [3.63, 3.8) is 0 Å². The van der Waals surface area contributed by atoms with Crippen LogP contribution < -0.4 is 11.1 Å². The summed E-state index contributed by atoms with van der Waals surface area (Å²) in [5.41, 5.74) is 3.01. The molecule has 12 heteroatoms. The van der Waals surface area contributed by atoms with Crippen molar-refractivity contribution in [3.05, 3.63) is 71.3 Å². The molecule has 0 spiro atoms. The lowest BCUT2D eigenvalue weighted by atomic mass is 10.1. The number of methoxy groups -OCH3 is 1. The molecule has 0 atom stereocenters. The molecule has 0 radical (unpaired) electrons. The first-order chi connectivity index (χ1) is 15.7. The number of aromatic nitrogens is 2. The molecule has 0 bridgehead atoms. The van der Waals surface area contributed by atoms with Crippen molar-refractivity contribution in [1.29, 1.82) is 0 Å². The number of carbonyl (C=O) groups is 2. The minimum absolute atomic E-state index is 0.0489. The molecule has 0 aliphatic carbocycles. The third-order valence-electron chi connectivity index (χ3n) is 4.27. The molecule has 0 aliphatic rings. The van der Waals surface area contributed by atoms with E-state index in [9.17, 15) is 22.8 Å². The van der Waals surface area contributed by atoms with E-state index < -0.39 is 29.3 Å². The van der Waals surface area contributed by atoms with E-state index in [1.165, 1.54) is 18.3 Å². The smallest absolute Gasteiger partial charge is 0.434 e. The lowest BCUT2D eigenvalue weighted by Gasteiger charge is -2.15. The highest BCUT2D eigenvalue weighted by atomic mass is 35.5. The zero-order valence-electron chi connectivity index (χ0n) is 16.9. The summed E-state index contributed by atoms with van der Waals surface area (Å²) in [6, 6.07) is 8.70. The highest BCUT2D eigenvalue weighted by Crippen LogP contribution is 2.30. The molecule has 0 saturated carbocycles. The summed E-state index contributed by atoms with van der Waals surface area (Å²) < 4.78 is 46.1. The first-order valence-corrected chi connectivity index (χ1v) is 9.50. The number of rotatable bonds is 5. The number of alkyl halides is 3. The minimum Gasteiger partial charge on any atom is -0.464 e. The number of esters is 1. The van der Waals surface area contributed by atoms with Gasteiger partial charge in [0.15, 0.2) is 11.4 Å². The number of halogens is 4. The maximum absolute atomic E-state index is 13.9. The van der Waals surface area contributed by atoms with Crippen LogP contribution in [0.5, 0.6) is 0 Å². The molecule has 3 N–H and O–H groups in total. The van der Waals surface area contributed by atoms with Crippen LogP contribution in [0, 0.1) is 0 Å². The number of hydrogen-bond acceptors (Lipinski definition) is 7. The number of nitrogens with zero attached hydrogens (tertiary/aromatic N) is 3. The second kappa shape index (κ2) is 9.65. The van der Waals surface area contributed by atoms with Gasteiger partial charge in [-0.25, -0.2) is 14.8 Å². The predicted molar refractivity (Wildman–Crippen MR) is 116 cm³/mol. The van der Waals surface area contributed by atoms with Crippen LogP contribution in [0.15, 0.2) is 65.6 Å². The summed E-state index contributed by atoms with van der Waals surface area (Å²) in [4.78, 5) is 35.7. The fourth-order valence-electron chi connectivity index (χ4n) is 2.80. The molecule has 0 saturated heterocycles. The molecular formula is C21H15ClF3N5O3. The lowest BCUT2D eigenvalue weighted by molar-refractivity contribution is -0.113. The fourth-order valence-corrected chi connectivity index (χ4v) is 3.04. The van der Waals surface area contributed by atoms with E-state index in [1.807, 2.05) is 0 Å². The third kappa shape index (κ3) is 5.26. The summed E-state index contributed by atoms with van der Waals surface area (Å²) in [5, 5.41) is 2.39. The Morgan fingerprint density at radius 2 is 1.97 bits per heavy atom. The van der Waals surface area contributed by atoms with E-state index in [2.05, 4.69) is 25.0 Å². The Labute approximate surface area is 189 Å². The summed E-state index contributed by atoms with van der Waals surface area (Å²) in [7, 11) is 1.12. The Balaban J connectivity index is 1.99.